The van der Waals surface area contributed by atoms with Crippen LogP contribution in [0.1, 0.15) is 41.4 Å². The summed E-state index contributed by atoms with van der Waals surface area (Å²) in [7, 11) is 1.75. The Morgan fingerprint density at radius 2 is 1.76 bits per heavy atom. The minimum absolute atomic E-state index is 0.00160. The second-order valence-electron chi connectivity index (χ2n) is 9.51. The maximum Gasteiger partial charge on any atom is 0.251 e. The number of hydrogen-bond acceptors (Lipinski definition) is 5. The second kappa shape index (κ2) is 11.8. The molecule has 0 spiro atoms. The van der Waals surface area contributed by atoms with Gasteiger partial charge in [0, 0.05) is 75.8 Å². The summed E-state index contributed by atoms with van der Waals surface area (Å²) in [5, 5.41) is 2.96. The Morgan fingerprint density at radius 1 is 1.03 bits per heavy atom. The van der Waals surface area contributed by atoms with E-state index in [0.29, 0.717) is 50.1 Å². The predicted octanol–water partition coefficient (Wildman–Crippen LogP) is 3.65. The van der Waals surface area contributed by atoms with Crippen LogP contribution in [0.4, 0.5) is 5.69 Å². The number of amides is 3. The smallest absolute Gasteiger partial charge is 0.251 e. The summed E-state index contributed by atoms with van der Waals surface area (Å²) >= 11 is 0. The van der Waals surface area contributed by atoms with E-state index in [1.165, 1.54) is 0 Å². The van der Waals surface area contributed by atoms with E-state index >= 15 is 0 Å². The quantitative estimate of drug-likeness (QED) is 0.536. The molecule has 3 amide bonds. The Morgan fingerprint density at radius 3 is 2.41 bits per heavy atom. The molecular weight excluding hydrogens is 466 g/mol. The first kappa shape index (κ1) is 26.0. The zero-order valence-corrected chi connectivity index (χ0v) is 21.6. The monoisotopic (exact) mass is 499 g/mol. The highest BCUT2D eigenvalue weighted by atomic mass is 16.2. The van der Waals surface area contributed by atoms with E-state index in [4.69, 9.17) is 0 Å². The number of aryl methyl sites for hydroxylation is 1. The maximum absolute atomic E-state index is 13.4. The number of likely N-dealkylation sites (tertiary alicyclic amines) is 1. The van der Waals surface area contributed by atoms with Crippen LogP contribution in [0.5, 0.6) is 0 Å². The summed E-state index contributed by atoms with van der Waals surface area (Å²) < 4.78 is 0. The van der Waals surface area contributed by atoms with Crippen molar-refractivity contribution in [2.75, 3.05) is 31.6 Å². The summed E-state index contributed by atoms with van der Waals surface area (Å²) in [6, 6.07) is 13.7. The van der Waals surface area contributed by atoms with E-state index in [1.807, 2.05) is 43.3 Å². The van der Waals surface area contributed by atoms with Crippen molar-refractivity contribution < 1.29 is 14.4 Å². The van der Waals surface area contributed by atoms with Gasteiger partial charge in [-0.1, -0.05) is 29.8 Å². The second-order valence-corrected chi connectivity index (χ2v) is 9.51. The predicted molar refractivity (Wildman–Crippen MR) is 143 cm³/mol. The zero-order valence-electron chi connectivity index (χ0n) is 21.6. The van der Waals surface area contributed by atoms with Gasteiger partial charge in [0.05, 0.1) is 5.69 Å². The third kappa shape index (κ3) is 6.58. The summed E-state index contributed by atoms with van der Waals surface area (Å²) in [6.45, 7) is 5.18. The molecule has 2 heterocycles. The van der Waals surface area contributed by atoms with Gasteiger partial charge in [0.15, 0.2) is 0 Å². The Bertz CT molecular complexity index is 1250. The third-order valence-electron chi connectivity index (χ3n) is 6.86. The van der Waals surface area contributed by atoms with Crippen LogP contribution >= 0.6 is 0 Å². The lowest BCUT2D eigenvalue weighted by Crippen LogP contribution is -2.42. The third-order valence-corrected chi connectivity index (χ3v) is 6.86. The fourth-order valence-corrected chi connectivity index (χ4v) is 4.56. The first-order chi connectivity index (χ1) is 17.8. The molecule has 2 aromatic carbocycles. The number of aromatic nitrogens is 2. The van der Waals surface area contributed by atoms with Crippen LogP contribution in [0.2, 0.25) is 0 Å². The number of carbonyl (C=O) groups excluding carboxylic acids is 3. The molecule has 1 saturated heterocycles. The number of piperidine rings is 1. The summed E-state index contributed by atoms with van der Waals surface area (Å²) in [4.78, 5) is 49.9. The Hall–Kier alpha value is -4.07. The minimum atomic E-state index is -0.213. The molecule has 8 nitrogen and oxygen atoms in total. The van der Waals surface area contributed by atoms with Gasteiger partial charge in [0.1, 0.15) is 0 Å². The van der Waals surface area contributed by atoms with Crippen molar-refractivity contribution in [3.63, 3.8) is 0 Å². The lowest BCUT2D eigenvalue weighted by molar-refractivity contribution is -0.133. The van der Waals surface area contributed by atoms with Crippen LogP contribution in [0.15, 0.2) is 61.1 Å². The molecule has 8 heteroatoms. The van der Waals surface area contributed by atoms with Crippen LogP contribution in [0.25, 0.3) is 11.1 Å². The van der Waals surface area contributed by atoms with Crippen LogP contribution in [-0.4, -0.2) is 59.3 Å². The fraction of sp³-hybridized carbons (Fsp3) is 0.345. The molecule has 1 N–H and O–H groups in total. The van der Waals surface area contributed by atoms with Crippen molar-refractivity contribution in [1.29, 1.82) is 0 Å². The summed E-state index contributed by atoms with van der Waals surface area (Å²) in [5.41, 5.74) is 4.93. The summed E-state index contributed by atoms with van der Waals surface area (Å²) in [6.07, 6.45) is 6.77. The van der Waals surface area contributed by atoms with Crippen molar-refractivity contribution >= 4 is 23.4 Å². The number of rotatable bonds is 7. The van der Waals surface area contributed by atoms with Gasteiger partial charge in [-0.15, -0.1) is 0 Å². The number of hydrogen-bond donors (Lipinski definition) is 1. The molecule has 1 fully saturated rings. The molecule has 1 aliphatic heterocycles. The minimum Gasteiger partial charge on any atom is -0.352 e. The SMILES string of the molecule is CC(=O)N1CCC(C(=O)N(C)c2cc(C(=O)NCCc3cnccn3)cc(-c3ccc(C)cc3)c2)CC1. The molecule has 0 bridgehead atoms. The highest BCUT2D eigenvalue weighted by molar-refractivity contribution is 6.00. The molecule has 4 rings (SSSR count). The van der Waals surface area contributed by atoms with Gasteiger partial charge in [-0.3, -0.25) is 24.4 Å². The molecule has 0 unspecified atom stereocenters. The standard InChI is InChI=1S/C29H33N5O3/c1-20-4-6-22(7-5-20)24-16-25(28(36)32-11-8-26-19-30-12-13-31-26)18-27(17-24)33(3)29(37)23-9-14-34(15-10-23)21(2)35/h4-7,12-13,16-19,23H,8-11,14-15H2,1-3H3,(H,32,36). The molecule has 37 heavy (non-hydrogen) atoms. The fourth-order valence-electron chi connectivity index (χ4n) is 4.56. The molecular formula is C29H33N5O3. The van der Waals surface area contributed by atoms with E-state index in [1.54, 1.807) is 48.4 Å². The van der Waals surface area contributed by atoms with Crippen LogP contribution in [0, 0.1) is 12.8 Å². The van der Waals surface area contributed by atoms with Crippen molar-refractivity contribution in [2.24, 2.45) is 5.92 Å². The summed E-state index contributed by atoms with van der Waals surface area (Å²) in [5.74, 6) is -0.333. The average molecular weight is 500 g/mol. The van der Waals surface area contributed by atoms with E-state index in [-0.39, 0.29) is 23.6 Å². The topological polar surface area (TPSA) is 95.5 Å². The van der Waals surface area contributed by atoms with Crippen molar-refractivity contribution in [3.8, 4) is 11.1 Å². The molecule has 0 aliphatic carbocycles. The van der Waals surface area contributed by atoms with Gasteiger partial charge >= 0.3 is 0 Å². The van der Waals surface area contributed by atoms with Crippen molar-refractivity contribution in [2.45, 2.75) is 33.1 Å². The normalized spacial score (nSPS) is 13.8. The molecule has 3 aromatic rings. The first-order valence-electron chi connectivity index (χ1n) is 12.6. The Labute approximate surface area is 217 Å². The van der Waals surface area contributed by atoms with E-state index in [9.17, 15) is 14.4 Å². The van der Waals surface area contributed by atoms with Gasteiger partial charge in [-0.2, -0.15) is 0 Å². The Kier molecular flexibility index (Phi) is 8.28. The highest BCUT2D eigenvalue weighted by Gasteiger charge is 2.29. The lowest BCUT2D eigenvalue weighted by Gasteiger charge is -2.32. The molecule has 1 aliphatic rings. The van der Waals surface area contributed by atoms with E-state index < -0.39 is 0 Å². The van der Waals surface area contributed by atoms with E-state index in [2.05, 4.69) is 15.3 Å². The van der Waals surface area contributed by atoms with Crippen LogP contribution in [-0.2, 0) is 16.0 Å². The average Bonchev–Trinajstić information content (AvgIpc) is 2.93. The van der Waals surface area contributed by atoms with Gasteiger partial charge in [-0.25, -0.2) is 0 Å². The van der Waals surface area contributed by atoms with Crippen LogP contribution in [0.3, 0.4) is 0 Å². The van der Waals surface area contributed by atoms with E-state index in [0.717, 1.165) is 22.4 Å². The highest BCUT2D eigenvalue weighted by Crippen LogP contribution is 2.29. The number of nitrogens with one attached hydrogen (secondary N) is 1. The van der Waals surface area contributed by atoms with Crippen LogP contribution < -0.4 is 10.2 Å². The van der Waals surface area contributed by atoms with Gasteiger partial charge in [0.25, 0.3) is 5.91 Å². The largest absolute Gasteiger partial charge is 0.352 e. The molecule has 0 saturated carbocycles. The number of anilines is 1. The molecule has 0 radical (unpaired) electrons. The maximum atomic E-state index is 13.4. The van der Waals surface area contributed by atoms with Gasteiger partial charge in [-0.05, 0) is 49.1 Å². The zero-order chi connectivity index (χ0) is 26.4. The van der Waals surface area contributed by atoms with Crippen molar-refractivity contribution in [3.05, 3.63) is 77.9 Å². The van der Waals surface area contributed by atoms with Crippen molar-refractivity contribution in [1.82, 2.24) is 20.2 Å². The lowest BCUT2D eigenvalue weighted by atomic mass is 9.94. The number of nitrogens with zero attached hydrogens (tertiary/aromatic N) is 4. The Balaban J connectivity index is 1.55. The first-order valence-corrected chi connectivity index (χ1v) is 12.6. The number of carbonyl (C=O) groups is 3. The molecule has 192 valence electrons. The van der Waals surface area contributed by atoms with Gasteiger partial charge in [0.2, 0.25) is 11.8 Å². The van der Waals surface area contributed by atoms with Gasteiger partial charge < -0.3 is 15.1 Å². The molecule has 1 aromatic heterocycles. The molecule has 0 atom stereocenters. The number of benzene rings is 2.